The first-order valence-corrected chi connectivity index (χ1v) is 4.62. The van der Waals surface area contributed by atoms with Gasteiger partial charge >= 0.3 is 0 Å². The maximum atomic E-state index is 5.31. The quantitative estimate of drug-likeness (QED) is 0.526. The lowest BCUT2D eigenvalue weighted by Gasteiger charge is -2.04. The third kappa shape index (κ3) is 4.57. The molecule has 0 unspecified atom stereocenters. The van der Waals surface area contributed by atoms with Gasteiger partial charge in [-0.1, -0.05) is 6.08 Å². The molecule has 76 valence electrons. The average molecular weight is 193 g/mol. The fourth-order valence-corrected chi connectivity index (χ4v) is 0.910. The maximum Gasteiger partial charge on any atom is 0.144 e. The maximum absolute atomic E-state index is 5.31. The molecule has 0 saturated carbocycles. The number of hydrogen-bond donors (Lipinski definition) is 1. The van der Waals surface area contributed by atoms with Gasteiger partial charge in [-0.15, -0.1) is 6.58 Å². The minimum Gasteiger partial charge on any atom is -0.379 e. The molecule has 0 spiro atoms. The highest BCUT2D eigenvalue weighted by atomic mass is 16.5. The van der Waals surface area contributed by atoms with Crippen molar-refractivity contribution >= 4 is 5.82 Å². The van der Waals surface area contributed by atoms with Crippen molar-refractivity contribution < 1.29 is 4.74 Å². The normalized spacial score (nSPS) is 9.71. The molecule has 4 heteroatoms. The standard InChI is InChI=1S/C10H15N3O/c1-2-3-7-14-8-6-13-10-9-11-4-5-12-10/h2,4-5,9H,1,3,6-8H2,(H,12,13). The van der Waals surface area contributed by atoms with E-state index >= 15 is 0 Å². The lowest BCUT2D eigenvalue weighted by Crippen LogP contribution is -2.10. The van der Waals surface area contributed by atoms with Crippen LogP contribution in [-0.2, 0) is 4.74 Å². The molecule has 1 N–H and O–H groups in total. The van der Waals surface area contributed by atoms with E-state index in [9.17, 15) is 0 Å². The van der Waals surface area contributed by atoms with Gasteiger partial charge < -0.3 is 10.1 Å². The molecule has 1 rings (SSSR count). The molecule has 14 heavy (non-hydrogen) atoms. The highest BCUT2D eigenvalue weighted by Crippen LogP contribution is 1.95. The SMILES string of the molecule is C=CCCOCCNc1cnccn1. The smallest absolute Gasteiger partial charge is 0.144 e. The highest BCUT2D eigenvalue weighted by molar-refractivity contribution is 5.29. The first-order valence-electron chi connectivity index (χ1n) is 4.62. The fraction of sp³-hybridized carbons (Fsp3) is 0.400. The van der Waals surface area contributed by atoms with Crippen LogP contribution in [0.4, 0.5) is 5.82 Å². The predicted octanol–water partition coefficient (Wildman–Crippen LogP) is 1.48. The van der Waals surface area contributed by atoms with Crippen molar-refractivity contribution in [3.63, 3.8) is 0 Å². The number of ether oxygens (including phenoxy) is 1. The number of hydrogen-bond acceptors (Lipinski definition) is 4. The third-order valence-electron chi connectivity index (χ3n) is 1.58. The summed E-state index contributed by atoms with van der Waals surface area (Å²) in [5, 5.41) is 3.10. The van der Waals surface area contributed by atoms with Gasteiger partial charge in [0.1, 0.15) is 5.82 Å². The van der Waals surface area contributed by atoms with E-state index in [0.29, 0.717) is 6.61 Å². The minimum atomic E-state index is 0.671. The van der Waals surface area contributed by atoms with Crippen LogP contribution in [0.1, 0.15) is 6.42 Å². The molecule has 0 amide bonds. The lowest BCUT2D eigenvalue weighted by atomic mass is 10.4. The summed E-state index contributed by atoms with van der Waals surface area (Å²) in [5.74, 6) is 0.778. The van der Waals surface area contributed by atoms with Crippen LogP contribution in [-0.4, -0.2) is 29.7 Å². The molecule has 0 fully saturated rings. The van der Waals surface area contributed by atoms with E-state index in [-0.39, 0.29) is 0 Å². The van der Waals surface area contributed by atoms with Crippen LogP contribution in [0.25, 0.3) is 0 Å². The Bertz CT molecular complexity index is 251. The van der Waals surface area contributed by atoms with Crippen molar-refractivity contribution in [3.05, 3.63) is 31.2 Å². The van der Waals surface area contributed by atoms with Crippen LogP contribution in [0, 0.1) is 0 Å². The molecule has 0 atom stereocenters. The van der Waals surface area contributed by atoms with Crippen LogP contribution >= 0.6 is 0 Å². The van der Waals surface area contributed by atoms with E-state index in [4.69, 9.17) is 4.74 Å². The molecule has 0 bridgehead atoms. The van der Waals surface area contributed by atoms with Gasteiger partial charge in [0.2, 0.25) is 0 Å². The van der Waals surface area contributed by atoms with Gasteiger partial charge in [0.15, 0.2) is 0 Å². The number of nitrogens with one attached hydrogen (secondary N) is 1. The molecule has 0 saturated heterocycles. The molecule has 1 heterocycles. The summed E-state index contributed by atoms with van der Waals surface area (Å²) in [6, 6.07) is 0. The Balaban J connectivity index is 2.02. The second kappa shape index (κ2) is 7.03. The molecule has 0 aromatic carbocycles. The van der Waals surface area contributed by atoms with E-state index in [2.05, 4.69) is 21.9 Å². The van der Waals surface area contributed by atoms with E-state index < -0.39 is 0 Å². The van der Waals surface area contributed by atoms with Gasteiger partial charge in [0, 0.05) is 18.9 Å². The van der Waals surface area contributed by atoms with Crippen LogP contribution in [0.3, 0.4) is 0 Å². The molecule has 1 aromatic rings. The number of rotatable bonds is 7. The molecular weight excluding hydrogens is 178 g/mol. The third-order valence-corrected chi connectivity index (χ3v) is 1.58. The van der Waals surface area contributed by atoms with Gasteiger partial charge in [0.25, 0.3) is 0 Å². The fourth-order valence-electron chi connectivity index (χ4n) is 0.910. The molecule has 4 nitrogen and oxygen atoms in total. The van der Waals surface area contributed by atoms with Crippen molar-refractivity contribution in [2.45, 2.75) is 6.42 Å². The second-order valence-corrected chi connectivity index (χ2v) is 2.71. The Kier molecular flexibility index (Phi) is 5.35. The first-order chi connectivity index (χ1) is 6.93. The van der Waals surface area contributed by atoms with Gasteiger partial charge in [-0.25, -0.2) is 4.98 Å². The van der Waals surface area contributed by atoms with E-state index in [1.165, 1.54) is 0 Å². The highest BCUT2D eigenvalue weighted by Gasteiger charge is 1.90. The van der Waals surface area contributed by atoms with Crippen molar-refractivity contribution in [1.82, 2.24) is 9.97 Å². The number of anilines is 1. The second-order valence-electron chi connectivity index (χ2n) is 2.71. The van der Waals surface area contributed by atoms with Gasteiger partial charge in [0.05, 0.1) is 19.4 Å². The molecule has 0 aliphatic heterocycles. The van der Waals surface area contributed by atoms with Crippen LogP contribution in [0.2, 0.25) is 0 Å². The summed E-state index contributed by atoms with van der Waals surface area (Å²) >= 11 is 0. The summed E-state index contributed by atoms with van der Waals surface area (Å²) < 4.78 is 5.31. The van der Waals surface area contributed by atoms with Crippen LogP contribution in [0.15, 0.2) is 31.2 Å². The first kappa shape index (κ1) is 10.7. The summed E-state index contributed by atoms with van der Waals surface area (Å²) in [6.07, 6.45) is 7.72. The Labute approximate surface area is 84.0 Å². The number of nitrogens with zero attached hydrogens (tertiary/aromatic N) is 2. The van der Waals surface area contributed by atoms with Crippen molar-refractivity contribution in [2.75, 3.05) is 25.1 Å². The Morgan fingerprint density at radius 3 is 3.07 bits per heavy atom. The zero-order valence-corrected chi connectivity index (χ0v) is 8.15. The van der Waals surface area contributed by atoms with Crippen LogP contribution < -0.4 is 5.32 Å². The molecule has 0 aliphatic carbocycles. The molecule has 0 radical (unpaired) electrons. The summed E-state index contributed by atoms with van der Waals surface area (Å²) in [6.45, 7) is 5.76. The zero-order valence-electron chi connectivity index (χ0n) is 8.15. The van der Waals surface area contributed by atoms with E-state index in [1.807, 2.05) is 6.08 Å². The van der Waals surface area contributed by atoms with Gasteiger partial charge in [-0.3, -0.25) is 4.98 Å². The predicted molar refractivity (Wildman–Crippen MR) is 56.2 cm³/mol. The lowest BCUT2D eigenvalue weighted by molar-refractivity contribution is 0.149. The Morgan fingerprint density at radius 1 is 1.43 bits per heavy atom. The average Bonchev–Trinajstić information content (AvgIpc) is 2.25. The van der Waals surface area contributed by atoms with Crippen LogP contribution in [0.5, 0.6) is 0 Å². The molecular formula is C10H15N3O. The van der Waals surface area contributed by atoms with E-state index in [1.54, 1.807) is 18.6 Å². The largest absolute Gasteiger partial charge is 0.379 e. The zero-order chi connectivity index (χ0) is 10.1. The summed E-state index contributed by atoms with van der Waals surface area (Å²) in [4.78, 5) is 8.00. The van der Waals surface area contributed by atoms with Gasteiger partial charge in [-0.05, 0) is 6.42 Å². The Morgan fingerprint density at radius 2 is 2.36 bits per heavy atom. The summed E-state index contributed by atoms with van der Waals surface area (Å²) in [5.41, 5.74) is 0. The van der Waals surface area contributed by atoms with Crippen molar-refractivity contribution in [1.29, 1.82) is 0 Å². The Hall–Kier alpha value is -1.42. The van der Waals surface area contributed by atoms with Gasteiger partial charge in [-0.2, -0.15) is 0 Å². The minimum absolute atomic E-state index is 0.671. The molecule has 0 aliphatic rings. The number of aromatic nitrogens is 2. The van der Waals surface area contributed by atoms with Crippen molar-refractivity contribution in [3.8, 4) is 0 Å². The van der Waals surface area contributed by atoms with Crippen molar-refractivity contribution in [2.24, 2.45) is 0 Å². The van der Waals surface area contributed by atoms with E-state index in [0.717, 1.165) is 25.4 Å². The topological polar surface area (TPSA) is 47.0 Å². The molecule has 1 aromatic heterocycles. The summed E-state index contributed by atoms with van der Waals surface area (Å²) in [7, 11) is 0. The monoisotopic (exact) mass is 193 g/mol.